The van der Waals surface area contributed by atoms with Gasteiger partial charge in [0.05, 0.1) is 13.2 Å². The Morgan fingerprint density at radius 2 is 1.87 bits per heavy atom. The van der Waals surface area contributed by atoms with Crippen molar-refractivity contribution < 1.29 is 9.53 Å². The molecule has 0 aliphatic carbocycles. The highest BCUT2D eigenvalue weighted by Gasteiger charge is 2.04. The highest BCUT2D eigenvalue weighted by molar-refractivity contribution is 9.10. The molecule has 2 N–H and O–H groups in total. The second-order valence-corrected chi connectivity index (χ2v) is 6.56. The van der Waals surface area contributed by atoms with E-state index in [2.05, 4.69) is 40.4 Å². The zero-order chi connectivity index (χ0) is 16.7. The lowest BCUT2D eigenvalue weighted by molar-refractivity contribution is -0.114. The van der Waals surface area contributed by atoms with Gasteiger partial charge >= 0.3 is 0 Å². The van der Waals surface area contributed by atoms with Crippen LogP contribution in [0.4, 0.5) is 11.4 Å². The Morgan fingerprint density at radius 3 is 2.57 bits per heavy atom. The van der Waals surface area contributed by atoms with Crippen LogP contribution < -0.4 is 15.4 Å². The molecular formula is C18H21BrN2O2. The Labute approximate surface area is 145 Å². The first-order valence-corrected chi connectivity index (χ1v) is 8.34. The van der Waals surface area contributed by atoms with Crippen LogP contribution in [0, 0.1) is 5.92 Å². The van der Waals surface area contributed by atoms with Crippen molar-refractivity contribution in [2.45, 2.75) is 13.8 Å². The monoisotopic (exact) mass is 376 g/mol. The molecule has 23 heavy (non-hydrogen) atoms. The number of amides is 1. The van der Waals surface area contributed by atoms with Crippen LogP contribution in [0.5, 0.6) is 5.75 Å². The maximum absolute atomic E-state index is 12.0. The van der Waals surface area contributed by atoms with Gasteiger partial charge in [-0.2, -0.15) is 0 Å². The highest BCUT2D eigenvalue weighted by Crippen LogP contribution is 2.18. The maximum Gasteiger partial charge on any atom is 0.243 e. The van der Waals surface area contributed by atoms with E-state index < -0.39 is 0 Å². The van der Waals surface area contributed by atoms with Crippen LogP contribution in [0.1, 0.15) is 13.8 Å². The number of carbonyl (C=O) groups is 1. The summed E-state index contributed by atoms with van der Waals surface area (Å²) in [6.45, 7) is 5.06. The van der Waals surface area contributed by atoms with Crippen molar-refractivity contribution in [1.82, 2.24) is 0 Å². The molecule has 0 aromatic heterocycles. The third kappa shape index (κ3) is 6.32. The van der Waals surface area contributed by atoms with E-state index >= 15 is 0 Å². The van der Waals surface area contributed by atoms with Gasteiger partial charge in [0, 0.05) is 21.9 Å². The van der Waals surface area contributed by atoms with E-state index in [0.717, 1.165) is 21.6 Å². The van der Waals surface area contributed by atoms with Gasteiger partial charge in [0.15, 0.2) is 0 Å². The summed E-state index contributed by atoms with van der Waals surface area (Å²) in [7, 11) is 0. The number of benzene rings is 2. The molecule has 122 valence electrons. The van der Waals surface area contributed by atoms with Crippen LogP contribution in [-0.4, -0.2) is 19.1 Å². The second kappa shape index (κ2) is 8.58. The van der Waals surface area contributed by atoms with Gasteiger partial charge in [-0.3, -0.25) is 4.79 Å². The molecule has 0 bridgehead atoms. The van der Waals surface area contributed by atoms with Gasteiger partial charge in [0.25, 0.3) is 0 Å². The quantitative estimate of drug-likeness (QED) is 0.745. The van der Waals surface area contributed by atoms with Crippen molar-refractivity contribution in [3.8, 4) is 5.75 Å². The Kier molecular flexibility index (Phi) is 6.47. The van der Waals surface area contributed by atoms with Crippen LogP contribution in [0.2, 0.25) is 0 Å². The topological polar surface area (TPSA) is 50.4 Å². The van der Waals surface area contributed by atoms with E-state index in [0.29, 0.717) is 12.5 Å². The first kappa shape index (κ1) is 17.3. The molecule has 0 atom stereocenters. The first-order valence-electron chi connectivity index (χ1n) is 7.55. The minimum Gasteiger partial charge on any atom is -0.493 e. The normalized spacial score (nSPS) is 10.4. The van der Waals surface area contributed by atoms with Crippen molar-refractivity contribution in [2.24, 2.45) is 5.92 Å². The van der Waals surface area contributed by atoms with Crippen LogP contribution in [0.15, 0.2) is 53.0 Å². The van der Waals surface area contributed by atoms with Crippen molar-refractivity contribution in [2.75, 3.05) is 23.8 Å². The molecule has 0 fully saturated rings. The molecular weight excluding hydrogens is 356 g/mol. The SMILES string of the molecule is CC(C)COc1cccc(NC(=O)CNc2ccc(Br)cc2)c1. The predicted octanol–water partition coefficient (Wildman–Crippen LogP) is 4.53. The van der Waals surface area contributed by atoms with Crippen LogP contribution >= 0.6 is 15.9 Å². The smallest absolute Gasteiger partial charge is 0.243 e. The molecule has 0 aliphatic heterocycles. The van der Waals surface area contributed by atoms with E-state index in [9.17, 15) is 4.79 Å². The van der Waals surface area contributed by atoms with E-state index in [1.165, 1.54) is 0 Å². The summed E-state index contributed by atoms with van der Waals surface area (Å²) in [5.74, 6) is 1.12. The van der Waals surface area contributed by atoms with Crippen molar-refractivity contribution in [1.29, 1.82) is 0 Å². The van der Waals surface area contributed by atoms with Gasteiger partial charge in [0.1, 0.15) is 5.75 Å². The molecule has 0 spiro atoms. The van der Waals surface area contributed by atoms with Gasteiger partial charge in [-0.15, -0.1) is 0 Å². The van der Waals surface area contributed by atoms with E-state index in [4.69, 9.17) is 4.74 Å². The summed E-state index contributed by atoms with van der Waals surface area (Å²) in [5, 5.41) is 5.94. The molecule has 0 saturated carbocycles. The lowest BCUT2D eigenvalue weighted by atomic mass is 10.2. The number of carbonyl (C=O) groups excluding carboxylic acids is 1. The summed E-state index contributed by atoms with van der Waals surface area (Å²) in [6, 6.07) is 15.1. The molecule has 0 heterocycles. The molecule has 5 heteroatoms. The molecule has 2 rings (SSSR count). The zero-order valence-electron chi connectivity index (χ0n) is 13.3. The summed E-state index contributed by atoms with van der Waals surface area (Å²) in [4.78, 5) is 12.0. The molecule has 0 radical (unpaired) electrons. The Balaban J connectivity index is 1.84. The molecule has 0 saturated heterocycles. The number of hydrogen-bond acceptors (Lipinski definition) is 3. The predicted molar refractivity (Wildman–Crippen MR) is 98.0 cm³/mol. The maximum atomic E-state index is 12.0. The standard InChI is InChI=1S/C18H21BrN2O2/c1-13(2)12-23-17-5-3-4-16(10-17)21-18(22)11-20-15-8-6-14(19)7-9-15/h3-10,13,20H,11-12H2,1-2H3,(H,21,22). The third-order valence-electron chi connectivity index (χ3n) is 3.00. The largest absolute Gasteiger partial charge is 0.493 e. The second-order valence-electron chi connectivity index (χ2n) is 5.64. The lowest BCUT2D eigenvalue weighted by Gasteiger charge is -2.11. The Morgan fingerprint density at radius 1 is 1.13 bits per heavy atom. The van der Waals surface area contributed by atoms with Crippen molar-refractivity contribution in [3.63, 3.8) is 0 Å². The summed E-state index contributed by atoms with van der Waals surface area (Å²) < 4.78 is 6.66. The van der Waals surface area contributed by atoms with Gasteiger partial charge in [-0.1, -0.05) is 35.8 Å². The van der Waals surface area contributed by atoms with Gasteiger partial charge in [0.2, 0.25) is 5.91 Å². The Hall–Kier alpha value is -2.01. The summed E-state index contributed by atoms with van der Waals surface area (Å²) >= 11 is 3.38. The van der Waals surface area contributed by atoms with E-state index in [1.807, 2.05) is 48.5 Å². The average molecular weight is 377 g/mol. The molecule has 0 aliphatic rings. The average Bonchev–Trinajstić information content (AvgIpc) is 2.53. The fourth-order valence-corrected chi connectivity index (χ4v) is 2.15. The van der Waals surface area contributed by atoms with Crippen molar-refractivity contribution in [3.05, 3.63) is 53.0 Å². The third-order valence-corrected chi connectivity index (χ3v) is 3.53. The molecule has 0 unspecified atom stereocenters. The number of ether oxygens (including phenoxy) is 1. The summed E-state index contributed by atoms with van der Waals surface area (Å²) in [5.41, 5.74) is 1.63. The van der Waals surface area contributed by atoms with E-state index in [1.54, 1.807) is 0 Å². The van der Waals surface area contributed by atoms with E-state index in [-0.39, 0.29) is 12.5 Å². The van der Waals surface area contributed by atoms with Gasteiger partial charge in [-0.25, -0.2) is 0 Å². The first-order chi connectivity index (χ1) is 11.0. The number of anilines is 2. The molecule has 2 aromatic carbocycles. The Bertz CT molecular complexity index is 642. The number of nitrogens with one attached hydrogen (secondary N) is 2. The summed E-state index contributed by atoms with van der Waals surface area (Å²) in [6.07, 6.45) is 0. The number of halogens is 1. The highest BCUT2D eigenvalue weighted by atomic mass is 79.9. The molecule has 2 aromatic rings. The lowest BCUT2D eigenvalue weighted by Crippen LogP contribution is -2.21. The number of hydrogen-bond donors (Lipinski definition) is 2. The minimum absolute atomic E-state index is 0.103. The fraction of sp³-hybridized carbons (Fsp3) is 0.278. The van der Waals surface area contributed by atoms with Crippen LogP contribution in [0.25, 0.3) is 0 Å². The zero-order valence-corrected chi connectivity index (χ0v) is 14.9. The number of rotatable bonds is 7. The van der Waals surface area contributed by atoms with Gasteiger partial charge in [-0.05, 0) is 42.3 Å². The molecule has 4 nitrogen and oxygen atoms in total. The molecule has 1 amide bonds. The van der Waals surface area contributed by atoms with Crippen LogP contribution in [-0.2, 0) is 4.79 Å². The minimum atomic E-state index is -0.103. The van der Waals surface area contributed by atoms with Crippen molar-refractivity contribution >= 4 is 33.2 Å². The van der Waals surface area contributed by atoms with Crippen LogP contribution in [0.3, 0.4) is 0 Å². The fourth-order valence-electron chi connectivity index (χ4n) is 1.88. The van der Waals surface area contributed by atoms with Gasteiger partial charge < -0.3 is 15.4 Å².